The second kappa shape index (κ2) is 8.14. The van der Waals surface area contributed by atoms with Crippen molar-refractivity contribution in [2.75, 3.05) is 54.9 Å². The van der Waals surface area contributed by atoms with Gasteiger partial charge in [-0.05, 0) is 44.5 Å². The first-order chi connectivity index (χ1) is 16.2. The van der Waals surface area contributed by atoms with Crippen LogP contribution in [0.5, 0.6) is 0 Å². The molecule has 3 aromatic rings. The predicted octanol–water partition coefficient (Wildman–Crippen LogP) is 2.77. The van der Waals surface area contributed by atoms with Gasteiger partial charge < -0.3 is 30.2 Å². The smallest absolute Gasteiger partial charge is 0.179 e. The number of nitrogens with one attached hydrogen (secondary N) is 3. The molecule has 0 aliphatic carbocycles. The number of piperidine rings is 1. The monoisotopic (exact) mass is 448 g/mol. The van der Waals surface area contributed by atoms with Crippen molar-refractivity contribution >= 4 is 28.4 Å². The SMILES string of the molecule is CCC1(c2nc(N3CCOCC3)c3nc(C4CCNCC4)n(C)c3n2)Nc2ccccc2N1. The summed E-state index contributed by atoms with van der Waals surface area (Å²) in [5.74, 6) is 3.24. The van der Waals surface area contributed by atoms with Crippen LogP contribution in [0, 0.1) is 0 Å². The summed E-state index contributed by atoms with van der Waals surface area (Å²) in [7, 11) is 2.11. The Labute approximate surface area is 193 Å². The normalized spacial score (nSPS) is 20.5. The third-order valence-electron chi connectivity index (χ3n) is 7.29. The van der Waals surface area contributed by atoms with E-state index in [1.54, 1.807) is 0 Å². The van der Waals surface area contributed by atoms with Crippen LogP contribution in [-0.4, -0.2) is 58.9 Å². The van der Waals surface area contributed by atoms with Gasteiger partial charge in [0.15, 0.2) is 28.5 Å². The van der Waals surface area contributed by atoms with E-state index >= 15 is 0 Å². The van der Waals surface area contributed by atoms with Crippen molar-refractivity contribution in [3.05, 3.63) is 35.9 Å². The first-order valence-electron chi connectivity index (χ1n) is 12.1. The minimum Gasteiger partial charge on any atom is -0.378 e. The Bertz CT molecular complexity index is 1140. The average molecular weight is 449 g/mol. The molecule has 0 unspecified atom stereocenters. The van der Waals surface area contributed by atoms with E-state index < -0.39 is 5.66 Å². The molecule has 0 amide bonds. The van der Waals surface area contributed by atoms with Crippen molar-refractivity contribution in [3.63, 3.8) is 0 Å². The number of morpholine rings is 1. The summed E-state index contributed by atoms with van der Waals surface area (Å²) in [6, 6.07) is 8.30. The Balaban J connectivity index is 1.50. The summed E-state index contributed by atoms with van der Waals surface area (Å²) in [4.78, 5) is 17.8. The quantitative estimate of drug-likeness (QED) is 0.561. The number of aromatic nitrogens is 4. The number of anilines is 3. The summed E-state index contributed by atoms with van der Waals surface area (Å²) in [6.45, 7) is 7.26. The summed E-state index contributed by atoms with van der Waals surface area (Å²) in [5, 5.41) is 10.8. The zero-order valence-corrected chi connectivity index (χ0v) is 19.4. The van der Waals surface area contributed by atoms with Gasteiger partial charge in [-0.3, -0.25) is 0 Å². The van der Waals surface area contributed by atoms with Crippen LogP contribution in [0.15, 0.2) is 24.3 Å². The molecule has 0 bridgehead atoms. The maximum absolute atomic E-state index is 5.63. The van der Waals surface area contributed by atoms with E-state index in [1.807, 2.05) is 0 Å². The van der Waals surface area contributed by atoms with Gasteiger partial charge in [-0.25, -0.2) is 15.0 Å². The third kappa shape index (κ3) is 3.41. The highest BCUT2D eigenvalue weighted by atomic mass is 16.5. The molecule has 1 aromatic carbocycles. The fourth-order valence-corrected chi connectivity index (χ4v) is 5.33. The van der Waals surface area contributed by atoms with Crippen LogP contribution in [0.3, 0.4) is 0 Å². The number of nitrogens with zero attached hydrogens (tertiary/aromatic N) is 5. The zero-order valence-electron chi connectivity index (χ0n) is 19.4. The minimum absolute atomic E-state index is 0.443. The molecule has 3 N–H and O–H groups in total. The predicted molar refractivity (Wildman–Crippen MR) is 130 cm³/mol. The van der Waals surface area contributed by atoms with E-state index in [9.17, 15) is 0 Å². The first kappa shape index (κ1) is 20.7. The van der Waals surface area contributed by atoms with E-state index in [0.717, 1.165) is 85.4 Å². The van der Waals surface area contributed by atoms with Crippen LogP contribution in [0.1, 0.15) is 43.8 Å². The van der Waals surface area contributed by atoms with Crippen LogP contribution in [0.4, 0.5) is 17.2 Å². The summed E-state index contributed by atoms with van der Waals surface area (Å²) in [6.07, 6.45) is 3.00. The molecule has 3 aliphatic rings. The second-order valence-electron chi connectivity index (χ2n) is 9.25. The van der Waals surface area contributed by atoms with Gasteiger partial charge in [0.25, 0.3) is 0 Å². The van der Waals surface area contributed by atoms with Gasteiger partial charge in [0.1, 0.15) is 5.82 Å². The van der Waals surface area contributed by atoms with E-state index in [1.165, 1.54) is 0 Å². The van der Waals surface area contributed by atoms with Crippen molar-refractivity contribution in [2.24, 2.45) is 7.05 Å². The molecular weight excluding hydrogens is 416 g/mol. The van der Waals surface area contributed by atoms with Gasteiger partial charge in [0.2, 0.25) is 0 Å². The molecule has 0 radical (unpaired) electrons. The van der Waals surface area contributed by atoms with Crippen molar-refractivity contribution in [1.29, 1.82) is 0 Å². The van der Waals surface area contributed by atoms with Gasteiger partial charge in [-0.1, -0.05) is 19.1 Å². The number of rotatable bonds is 4. The number of benzene rings is 1. The Kier molecular flexibility index (Phi) is 5.10. The Hall–Kier alpha value is -2.91. The molecule has 174 valence electrons. The highest BCUT2D eigenvalue weighted by molar-refractivity contribution is 5.85. The fraction of sp³-hybridized carbons (Fsp3) is 0.542. The van der Waals surface area contributed by atoms with E-state index in [-0.39, 0.29) is 0 Å². The standard InChI is InChI=1S/C24H32N8O/c1-3-24(29-17-6-4-5-7-18(17)30-24)23-27-21-19(22(28-23)32-12-14-33-15-13-32)26-20(31(21)2)16-8-10-25-11-9-16/h4-7,16,25,29-30H,3,8-15H2,1-2H3. The lowest BCUT2D eigenvalue weighted by molar-refractivity contribution is 0.122. The summed E-state index contributed by atoms with van der Waals surface area (Å²) >= 11 is 0. The topological polar surface area (TPSA) is 92.2 Å². The molecule has 9 heteroatoms. The lowest BCUT2D eigenvalue weighted by atomic mass is 9.97. The molecule has 2 fully saturated rings. The molecule has 0 saturated carbocycles. The number of para-hydroxylation sites is 2. The number of hydrogen-bond acceptors (Lipinski definition) is 8. The fourth-order valence-electron chi connectivity index (χ4n) is 5.33. The Morgan fingerprint density at radius 2 is 1.73 bits per heavy atom. The first-order valence-corrected chi connectivity index (χ1v) is 12.1. The second-order valence-corrected chi connectivity index (χ2v) is 9.25. The maximum Gasteiger partial charge on any atom is 0.179 e. The molecule has 2 saturated heterocycles. The Morgan fingerprint density at radius 1 is 1.03 bits per heavy atom. The van der Waals surface area contributed by atoms with Crippen LogP contribution < -0.4 is 20.9 Å². The van der Waals surface area contributed by atoms with Crippen LogP contribution in [-0.2, 0) is 17.4 Å². The molecule has 3 aliphatic heterocycles. The van der Waals surface area contributed by atoms with Crippen molar-refractivity contribution in [3.8, 4) is 0 Å². The van der Waals surface area contributed by atoms with Gasteiger partial charge in [-0.2, -0.15) is 0 Å². The number of hydrogen-bond donors (Lipinski definition) is 3. The molecule has 6 rings (SSSR count). The molecule has 5 heterocycles. The highest BCUT2D eigenvalue weighted by Gasteiger charge is 2.40. The van der Waals surface area contributed by atoms with Crippen LogP contribution in [0.25, 0.3) is 11.2 Å². The van der Waals surface area contributed by atoms with E-state index in [4.69, 9.17) is 19.7 Å². The number of imidazole rings is 1. The van der Waals surface area contributed by atoms with Crippen LogP contribution >= 0.6 is 0 Å². The van der Waals surface area contributed by atoms with Gasteiger partial charge in [0.05, 0.1) is 24.6 Å². The van der Waals surface area contributed by atoms with Gasteiger partial charge in [0, 0.05) is 26.1 Å². The maximum atomic E-state index is 5.63. The average Bonchev–Trinajstić information content (AvgIpc) is 3.43. The lowest BCUT2D eigenvalue weighted by Gasteiger charge is -2.31. The van der Waals surface area contributed by atoms with Gasteiger partial charge in [-0.15, -0.1) is 0 Å². The van der Waals surface area contributed by atoms with Crippen molar-refractivity contribution in [2.45, 2.75) is 37.8 Å². The Morgan fingerprint density at radius 3 is 2.39 bits per heavy atom. The van der Waals surface area contributed by atoms with E-state index in [2.05, 4.69) is 63.7 Å². The minimum atomic E-state index is -0.557. The third-order valence-corrected chi connectivity index (χ3v) is 7.29. The molecular formula is C24H32N8O. The lowest BCUT2D eigenvalue weighted by Crippen LogP contribution is -2.41. The van der Waals surface area contributed by atoms with Crippen LogP contribution in [0.2, 0.25) is 0 Å². The number of aryl methyl sites for hydroxylation is 1. The zero-order chi connectivity index (χ0) is 22.4. The van der Waals surface area contributed by atoms with Crippen molar-refractivity contribution in [1.82, 2.24) is 24.8 Å². The van der Waals surface area contributed by atoms with E-state index in [0.29, 0.717) is 19.1 Å². The molecule has 9 nitrogen and oxygen atoms in total. The van der Waals surface area contributed by atoms with Gasteiger partial charge >= 0.3 is 0 Å². The molecule has 2 aromatic heterocycles. The summed E-state index contributed by atoms with van der Waals surface area (Å²) < 4.78 is 7.83. The highest BCUT2D eigenvalue weighted by Crippen LogP contribution is 2.41. The molecule has 0 atom stereocenters. The molecule has 33 heavy (non-hydrogen) atoms. The number of ether oxygens (including phenoxy) is 1. The number of fused-ring (bicyclic) bond motifs is 2. The van der Waals surface area contributed by atoms with Crippen molar-refractivity contribution < 1.29 is 4.74 Å². The largest absolute Gasteiger partial charge is 0.378 e. The summed E-state index contributed by atoms with van der Waals surface area (Å²) in [5.41, 5.74) is 3.41. The molecule has 0 spiro atoms.